The summed E-state index contributed by atoms with van der Waals surface area (Å²) in [5, 5.41) is 11.0. The maximum atomic E-state index is 11.8. The third-order valence-electron chi connectivity index (χ3n) is 3.14. The Morgan fingerprint density at radius 3 is 2.58 bits per heavy atom. The molecule has 124 valence electrons. The fraction of sp³-hybridized carbons (Fsp3) is 0.118. The quantitative estimate of drug-likeness (QED) is 0.602. The molecular weight excluding hydrogens is 310 g/mol. The van der Waals surface area contributed by atoms with Gasteiger partial charge in [0.2, 0.25) is 0 Å². The average Bonchev–Trinajstić information content (AvgIpc) is 2.59. The SMILES string of the molecule is C=C(NNC(=O)COc1ccc(C)cc1[N+](=O)[O-])c1ccccc1. The molecule has 7 nitrogen and oxygen atoms in total. The first-order valence-corrected chi connectivity index (χ1v) is 7.14. The maximum absolute atomic E-state index is 11.8. The molecule has 1 amide bonds. The zero-order valence-corrected chi connectivity index (χ0v) is 13.1. The van der Waals surface area contributed by atoms with E-state index in [1.165, 1.54) is 12.1 Å². The van der Waals surface area contributed by atoms with Gasteiger partial charge in [-0.05, 0) is 24.1 Å². The van der Waals surface area contributed by atoms with Crippen LogP contribution in [0.4, 0.5) is 5.69 Å². The maximum Gasteiger partial charge on any atom is 0.311 e. The number of hydrazine groups is 1. The van der Waals surface area contributed by atoms with Crippen molar-refractivity contribution in [2.24, 2.45) is 0 Å². The largest absolute Gasteiger partial charge is 0.477 e. The molecule has 2 aromatic rings. The van der Waals surface area contributed by atoms with E-state index in [9.17, 15) is 14.9 Å². The molecule has 2 N–H and O–H groups in total. The fourth-order valence-corrected chi connectivity index (χ4v) is 1.93. The first kappa shape index (κ1) is 17.0. The second-order valence-corrected chi connectivity index (χ2v) is 5.03. The summed E-state index contributed by atoms with van der Waals surface area (Å²) in [4.78, 5) is 22.2. The Kier molecular flexibility index (Phi) is 5.51. The lowest BCUT2D eigenvalue weighted by atomic mass is 10.2. The Hall–Kier alpha value is -3.35. The van der Waals surface area contributed by atoms with Crippen LogP contribution < -0.4 is 15.6 Å². The number of aryl methyl sites for hydroxylation is 1. The van der Waals surface area contributed by atoms with E-state index in [1.54, 1.807) is 13.0 Å². The van der Waals surface area contributed by atoms with E-state index in [2.05, 4.69) is 17.4 Å². The van der Waals surface area contributed by atoms with E-state index in [0.717, 1.165) is 11.1 Å². The highest BCUT2D eigenvalue weighted by Crippen LogP contribution is 2.27. The molecule has 0 fully saturated rings. The molecule has 0 bridgehead atoms. The van der Waals surface area contributed by atoms with Crippen LogP contribution in [0.5, 0.6) is 5.75 Å². The molecule has 0 saturated carbocycles. The summed E-state index contributed by atoms with van der Waals surface area (Å²) in [6, 6.07) is 13.8. The van der Waals surface area contributed by atoms with Crippen molar-refractivity contribution in [2.75, 3.05) is 6.61 Å². The number of nitrogens with zero attached hydrogens (tertiary/aromatic N) is 1. The Morgan fingerprint density at radius 1 is 1.21 bits per heavy atom. The third-order valence-corrected chi connectivity index (χ3v) is 3.14. The first-order chi connectivity index (χ1) is 11.5. The van der Waals surface area contributed by atoms with Gasteiger partial charge in [0.25, 0.3) is 5.91 Å². The van der Waals surface area contributed by atoms with Gasteiger partial charge in [0, 0.05) is 6.07 Å². The molecule has 2 aromatic carbocycles. The summed E-state index contributed by atoms with van der Waals surface area (Å²) in [6.45, 7) is 5.18. The normalized spacial score (nSPS) is 9.88. The van der Waals surface area contributed by atoms with Gasteiger partial charge in [-0.15, -0.1) is 0 Å². The Bertz CT molecular complexity index is 760. The van der Waals surface area contributed by atoms with E-state index < -0.39 is 10.8 Å². The molecule has 24 heavy (non-hydrogen) atoms. The van der Waals surface area contributed by atoms with Crippen molar-refractivity contribution in [1.29, 1.82) is 0 Å². The lowest BCUT2D eigenvalue weighted by Gasteiger charge is -2.12. The van der Waals surface area contributed by atoms with Crippen molar-refractivity contribution in [3.63, 3.8) is 0 Å². The van der Waals surface area contributed by atoms with Gasteiger partial charge in [-0.25, -0.2) is 0 Å². The number of nitro groups is 1. The van der Waals surface area contributed by atoms with Crippen LogP contribution in [-0.4, -0.2) is 17.4 Å². The van der Waals surface area contributed by atoms with E-state index in [4.69, 9.17) is 4.74 Å². The minimum Gasteiger partial charge on any atom is -0.477 e. The predicted octanol–water partition coefficient (Wildman–Crippen LogP) is 2.57. The van der Waals surface area contributed by atoms with Crippen molar-refractivity contribution < 1.29 is 14.5 Å². The second-order valence-electron chi connectivity index (χ2n) is 5.03. The molecule has 0 spiro atoms. The van der Waals surface area contributed by atoms with Crippen molar-refractivity contribution in [2.45, 2.75) is 6.92 Å². The highest BCUT2D eigenvalue weighted by atomic mass is 16.6. The monoisotopic (exact) mass is 327 g/mol. The fourth-order valence-electron chi connectivity index (χ4n) is 1.93. The predicted molar refractivity (Wildman–Crippen MR) is 90.1 cm³/mol. The zero-order chi connectivity index (χ0) is 17.5. The van der Waals surface area contributed by atoms with Crippen LogP contribution in [0.2, 0.25) is 0 Å². The molecule has 7 heteroatoms. The van der Waals surface area contributed by atoms with Gasteiger partial charge in [0.15, 0.2) is 12.4 Å². The number of amides is 1. The van der Waals surface area contributed by atoms with Gasteiger partial charge >= 0.3 is 5.69 Å². The Balaban J connectivity index is 1.88. The number of rotatable bonds is 7. The summed E-state index contributed by atoms with van der Waals surface area (Å²) in [7, 11) is 0. The minimum atomic E-state index is -0.546. The standard InChI is InChI=1S/C17H17N3O4/c1-12-8-9-16(15(10-12)20(22)23)24-11-17(21)19-18-13(2)14-6-4-3-5-7-14/h3-10,18H,2,11H2,1H3,(H,19,21). The van der Waals surface area contributed by atoms with E-state index >= 15 is 0 Å². The highest BCUT2D eigenvalue weighted by Gasteiger charge is 2.16. The summed E-state index contributed by atoms with van der Waals surface area (Å²) in [6.07, 6.45) is 0. The molecule has 2 rings (SSSR count). The van der Waals surface area contributed by atoms with Crippen LogP contribution >= 0.6 is 0 Å². The molecule has 0 saturated heterocycles. The topological polar surface area (TPSA) is 93.5 Å². The van der Waals surface area contributed by atoms with Crippen molar-refractivity contribution >= 4 is 17.3 Å². The highest BCUT2D eigenvalue weighted by molar-refractivity contribution is 5.78. The van der Waals surface area contributed by atoms with Gasteiger partial charge in [0.1, 0.15) is 0 Å². The number of benzene rings is 2. The minimum absolute atomic E-state index is 0.0441. The number of hydrogen-bond donors (Lipinski definition) is 2. The Morgan fingerprint density at radius 2 is 1.92 bits per heavy atom. The molecule has 0 atom stereocenters. The molecule has 0 aliphatic rings. The summed E-state index contributed by atoms with van der Waals surface area (Å²) >= 11 is 0. The molecule has 0 aliphatic heterocycles. The number of hydrogen-bond acceptors (Lipinski definition) is 5. The zero-order valence-electron chi connectivity index (χ0n) is 13.1. The smallest absolute Gasteiger partial charge is 0.311 e. The molecule has 0 unspecified atom stereocenters. The van der Waals surface area contributed by atoms with Crippen LogP contribution in [0.25, 0.3) is 5.70 Å². The lowest BCUT2D eigenvalue weighted by Crippen LogP contribution is -2.39. The average molecular weight is 327 g/mol. The van der Waals surface area contributed by atoms with Crippen LogP contribution in [0.15, 0.2) is 55.1 Å². The number of nitro benzene ring substituents is 1. The van der Waals surface area contributed by atoms with Crippen molar-refractivity contribution in [3.8, 4) is 5.75 Å². The summed E-state index contributed by atoms with van der Waals surface area (Å²) in [5.41, 5.74) is 7.01. The third kappa shape index (κ3) is 4.57. The van der Waals surface area contributed by atoms with E-state index in [1.807, 2.05) is 30.3 Å². The van der Waals surface area contributed by atoms with Crippen LogP contribution in [0.3, 0.4) is 0 Å². The van der Waals surface area contributed by atoms with Gasteiger partial charge in [0.05, 0.1) is 10.6 Å². The summed E-state index contributed by atoms with van der Waals surface area (Å²) < 4.78 is 5.23. The van der Waals surface area contributed by atoms with Gasteiger partial charge in [-0.2, -0.15) is 0 Å². The molecule has 0 aromatic heterocycles. The van der Waals surface area contributed by atoms with Gasteiger partial charge in [-0.1, -0.05) is 43.0 Å². The molecule has 0 heterocycles. The summed E-state index contributed by atoms with van der Waals surface area (Å²) in [5.74, 6) is -0.440. The number of carbonyl (C=O) groups excluding carboxylic acids is 1. The number of carbonyl (C=O) groups is 1. The van der Waals surface area contributed by atoms with E-state index in [-0.39, 0.29) is 18.0 Å². The first-order valence-electron chi connectivity index (χ1n) is 7.14. The molecular formula is C17H17N3O4. The van der Waals surface area contributed by atoms with Crippen LogP contribution in [0.1, 0.15) is 11.1 Å². The van der Waals surface area contributed by atoms with Crippen molar-refractivity contribution in [1.82, 2.24) is 10.9 Å². The van der Waals surface area contributed by atoms with E-state index in [0.29, 0.717) is 5.70 Å². The number of nitrogens with one attached hydrogen (secondary N) is 2. The lowest BCUT2D eigenvalue weighted by molar-refractivity contribution is -0.385. The van der Waals surface area contributed by atoms with Crippen LogP contribution in [-0.2, 0) is 4.79 Å². The second kappa shape index (κ2) is 7.77. The molecule has 0 aliphatic carbocycles. The van der Waals surface area contributed by atoms with Crippen molar-refractivity contribution in [3.05, 3.63) is 76.4 Å². The number of ether oxygens (including phenoxy) is 1. The van der Waals surface area contributed by atoms with Gasteiger partial charge < -0.3 is 4.74 Å². The van der Waals surface area contributed by atoms with Gasteiger partial charge in [-0.3, -0.25) is 25.8 Å². The van der Waals surface area contributed by atoms with Crippen LogP contribution in [0, 0.1) is 17.0 Å². The molecule has 0 radical (unpaired) electrons. The Labute approximate surface area is 139 Å².